The molecule has 0 aromatic heterocycles. The van der Waals surface area contributed by atoms with Gasteiger partial charge in [0.25, 0.3) is 5.91 Å². The molecule has 2 amide bonds. The Kier molecular flexibility index (Phi) is 5.88. The van der Waals surface area contributed by atoms with E-state index in [-0.39, 0.29) is 33.8 Å². The molecule has 1 heterocycles. The first-order valence-corrected chi connectivity index (χ1v) is 7.46. The van der Waals surface area contributed by atoms with Gasteiger partial charge >= 0.3 is 0 Å². The maximum atomic E-state index is 12.3. The molecule has 0 radical (unpaired) electrons. The molecule has 1 fully saturated rings. The SMILES string of the molecule is COc1c(Cl)ccc(Cl)c1C(=O)NCC(=O)N1CCOCC1. The fraction of sp³-hybridized carbons (Fsp3) is 0.429. The first-order chi connectivity index (χ1) is 10.5. The van der Waals surface area contributed by atoms with Gasteiger partial charge in [0.2, 0.25) is 5.91 Å². The Balaban J connectivity index is 2.03. The Morgan fingerprint density at radius 3 is 2.55 bits per heavy atom. The van der Waals surface area contributed by atoms with Gasteiger partial charge in [-0.15, -0.1) is 0 Å². The van der Waals surface area contributed by atoms with Crippen LogP contribution in [0.25, 0.3) is 0 Å². The fourth-order valence-corrected chi connectivity index (χ4v) is 2.58. The van der Waals surface area contributed by atoms with E-state index in [9.17, 15) is 9.59 Å². The van der Waals surface area contributed by atoms with E-state index < -0.39 is 5.91 Å². The van der Waals surface area contributed by atoms with Crippen molar-refractivity contribution in [3.8, 4) is 5.75 Å². The molecule has 0 bridgehead atoms. The Morgan fingerprint density at radius 1 is 1.27 bits per heavy atom. The molecule has 1 aliphatic rings. The van der Waals surface area contributed by atoms with Crippen molar-refractivity contribution >= 4 is 35.0 Å². The van der Waals surface area contributed by atoms with Crippen LogP contribution in [0.15, 0.2) is 12.1 Å². The summed E-state index contributed by atoms with van der Waals surface area (Å²) in [5, 5.41) is 3.03. The Bertz CT molecular complexity index is 574. The third-order valence-electron chi connectivity index (χ3n) is 3.25. The molecule has 0 saturated carbocycles. The molecule has 1 N–H and O–H groups in total. The number of carbonyl (C=O) groups is 2. The molecule has 1 aromatic carbocycles. The molecule has 0 atom stereocenters. The highest BCUT2D eigenvalue weighted by molar-refractivity contribution is 6.37. The number of benzene rings is 1. The average Bonchev–Trinajstić information content (AvgIpc) is 2.54. The molecule has 0 spiro atoms. The number of morpholine rings is 1. The van der Waals surface area contributed by atoms with Gasteiger partial charge in [0.05, 0.1) is 36.9 Å². The number of nitrogens with one attached hydrogen (secondary N) is 1. The number of amides is 2. The summed E-state index contributed by atoms with van der Waals surface area (Å²) in [7, 11) is 1.40. The normalized spacial score (nSPS) is 14.6. The first kappa shape index (κ1) is 16.9. The smallest absolute Gasteiger partial charge is 0.257 e. The quantitative estimate of drug-likeness (QED) is 0.898. The summed E-state index contributed by atoms with van der Waals surface area (Å²) < 4.78 is 10.3. The minimum absolute atomic E-state index is 0.117. The van der Waals surface area contributed by atoms with E-state index in [2.05, 4.69) is 5.32 Å². The van der Waals surface area contributed by atoms with Crippen LogP contribution in [-0.2, 0) is 9.53 Å². The predicted octanol–water partition coefficient (Wildman–Crippen LogP) is 1.59. The van der Waals surface area contributed by atoms with Gasteiger partial charge in [-0.2, -0.15) is 0 Å². The second-order valence-electron chi connectivity index (χ2n) is 4.61. The summed E-state index contributed by atoms with van der Waals surface area (Å²) in [6.45, 7) is 1.94. The molecule has 2 rings (SSSR count). The van der Waals surface area contributed by atoms with Gasteiger partial charge in [-0.1, -0.05) is 23.2 Å². The third kappa shape index (κ3) is 3.82. The van der Waals surface area contributed by atoms with Crippen molar-refractivity contribution < 1.29 is 19.1 Å². The van der Waals surface area contributed by atoms with E-state index in [4.69, 9.17) is 32.7 Å². The second kappa shape index (κ2) is 7.67. The highest BCUT2D eigenvalue weighted by Gasteiger charge is 2.22. The summed E-state index contributed by atoms with van der Waals surface area (Å²) in [6, 6.07) is 3.05. The minimum Gasteiger partial charge on any atom is -0.494 e. The fourth-order valence-electron chi connectivity index (χ4n) is 2.11. The molecule has 1 aliphatic heterocycles. The molecular formula is C14H16Cl2N2O4. The lowest BCUT2D eigenvalue weighted by atomic mass is 10.2. The standard InChI is InChI=1S/C14H16Cl2N2O4/c1-21-13-10(16)3-2-9(15)12(13)14(20)17-8-11(19)18-4-6-22-7-5-18/h2-3H,4-8H2,1H3,(H,17,20). The molecule has 0 unspecified atom stereocenters. The van der Waals surface area contributed by atoms with Crippen molar-refractivity contribution in [2.75, 3.05) is 40.0 Å². The number of hydrogen-bond donors (Lipinski definition) is 1. The van der Waals surface area contributed by atoms with Crippen LogP contribution in [0.2, 0.25) is 10.0 Å². The topological polar surface area (TPSA) is 67.9 Å². The number of ether oxygens (including phenoxy) is 2. The number of methoxy groups -OCH3 is 1. The molecule has 1 aromatic rings. The van der Waals surface area contributed by atoms with Crippen molar-refractivity contribution in [3.05, 3.63) is 27.7 Å². The van der Waals surface area contributed by atoms with Crippen LogP contribution in [0.5, 0.6) is 5.75 Å². The second-order valence-corrected chi connectivity index (χ2v) is 5.43. The Hall–Kier alpha value is -1.50. The van der Waals surface area contributed by atoms with Crippen LogP contribution in [0, 0.1) is 0 Å². The molecule has 0 aliphatic carbocycles. The Morgan fingerprint density at radius 2 is 1.91 bits per heavy atom. The van der Waals surface area contributed by atoms with E-state index >= 15 is 0 Å². The van der Waals surface area contributed by atoms with Crippen molar-refractivity contribution in [2.24, 2.45) is 0 Å². The van der Waals surface area contributed by atoms with Crippen molar-refractivity contribution in [1.82, 2.24) is 10.2 Å². The van der Waals surface area contributed by atoms with Crippen molar-refractivity contribution in [1.29, 1.82) is 0 Å². The maximum absolute atomic E-state index is 12.3. The van der Waals surface area contributed by atoms with E-state index in [0.717, 1.165) is 0 Å². The summed E-state index contributed by atoms with van der Waals surface area (Å²) >= 11 is 12.0. The molecular weight excluding hydrogens is 331 g/mol. The monoisotopic (exact) mass is 346 g/mol. The van der Waals surface area contributed by atoms with E-state index in [1.807, 2.05) is 0 Å². The van der Waals surface area contributed by atoms with E-state index in [1.165, 1.54) is 13.2 Å². The molecule has 6 nitrogen and oxygen atoms in total. The molecule has 8 heteroatoms. The van der Waals surface area contributed by atoms with E-state index in [1.54, 1.807) is 11.0 Å². The number of hydrogen-bond acceptors (Lipinski definition) is 4. The van der Waals surface area contributed by atoms with Gasteiger partial charge in [0.15, 0.2) is 5.75 Å². The zero-order valence-electron chi connectivity index (χ0n) is 12.0. The zero-order chi connectivity index (χ0) is 16.1. The number of halogens is 2. The van der Waals surface area contributed by atoms with Gasteiger partial charge in [-0.05, 0) is 12.1 Å². The highest BCUT2D eigenvalue weighted by Crippen LogP contribution is 2.33. The van der Waals surface area contributed by atoms with Gasteiger partial charge in [-0.25, -0.2) is 0 Å². The van der Waals surface area contributed by atoms with Gasteiger partial charge in [0.1, 0.15) is 5.56 Å². The average molecular weight is 347 g/mol. The van der Waals surface area contributed by atoms with Crippen LogP contribution in [0.1, 0.15) is 10.4 Å². The van der Waals surface area contributed by atoms with Crippen LogP contribution >= 0.6 is 23.2 Å². The minimum atomic E-state index is -0.508. The largest absolute Gasteiger partial charge is 0.494 e. The Labute approximate surface area is 138 Å². The van der Waals surface area contributed by atoms with Crippen molar-refractivity contribution in [3.63, 3.8) is 0 Å². The number of rotatable bonds is 4. The lowest BCUT2D eigenvalue weighted by Gasteiger charge is -2.26. The van der Waals surface area contributed by atoms with E-state index in [0.29, 0.717) is 26.3 Å². The lowest BCUT2D eigenvalue weighted by Crippen LogP contribution is -2.45. The van der Waals surface area contributed by atoms with Crippen LogP contribution in [0.3, 0.4) is 0 Å². The first-order valence-electron chi connectivity index (χ1n) is 6.70. The van der Waals surface area contributed by atoms with Crippen LogP contribution < -0.4 is 10.1 Å². The third-order valence-corrected chi connectivity index (χ3v) is 3.87. The maximum Gasteiger partial charge on any atom is 0.257 e. The summed E-state index contributed by atoms with van der Waals surface area (Å²) in [5.41, 5.74) is 0.117. The molecule has 22 heavy (non-hydrogen) atoms. The lowest BCUT2D eigenvalue weighted by molar-refractivity contribution is -0.134. The number of carbonyl (C=O) groups excluding carboxylic acids is 2. The van der Waals surface area contributed by atoms with Crippen molar-refractivity contribution in [2.45, 2.75) is 0 Å². The summed E-state index contributed by atoms with van der Waals surface area (Å²) in [6.07, 6.45) is 0. The zero-order valence-corrected chi connectivity index (χ0v) is 13.5. The van der Waals surface area contributed by atoms with Gasteiger partial charge < -0.3 is 19.7 Å². The predicted molar refractivity (Wildman–Crippen MR) is 82.7 cm³/mol. The highest BCUT2D eigenvalue weighted by atomic mass is 35.5. The molecule has 120 valence electrons. The molecule has 1 saturated heterocycles. The van der Waals surface area contributed by atoms with Gasteiger partial charge in [0, 0.05) is 13.1 Å². The van der Waals surface area contributed by atoms with Crippen LogP contribution in [-0.4, -0.2) is 56.7 Å². The summed E-state index contributed by atoms with van der Waals surface area (Å²) in [4.78, 5) is 25.9. The number of nitrogens with zero attached hydrogens (tertiary/aromatic N) is 1. The summed E-state index contributed by atoms with van der Waals surface area (Å²) in [5.74, 6) is -0.495. The van der Waals surface area contributed by atoms with Gasteiger partial charge in [-0.3, -0.25) is 9.59 Å². The van der Waals surface area contributed by atoms with Crippen LogP contribution in [0.4, 0.5) is 0 Å².